The van der Waals surface area contributed by atoms with Gasteiger partial charge in [0.1, 0.15) is 6.61 Å². The van der Waals surface area contributed by atoms with Crippen LogP contribution in [-0.2, 0) is 24.4 Å². The molecule has 0 aliphatic carbocycles. The molecule has 0 unspecified atom stereocenters. The monoisotopic (exact) mass is 524 g/mol. The van der Waals surface area contributed by atoms with Crippen molar-refractivity contribution in [2.45, 2.75) is 33.4 Å². The van der Waals surface area contributed by atoms with Gasteiger partial charge in [0.2, 0.25) is 0 Å². The van der Waals surface area contributed by atoms with Crippen LogP contribution in [0.15, 0.2) is 78.2 Å². The molecule has 0 N–H and O–H groups in total. The van der Waals surface area contributed by atoms with Gasteiger partial charge in [0.25, 0.3) is 11.1 Å². The molecule has 1 aliphatic heterocycles. The van der Waals surface area contributed by atoms with Crippen LogP contribution >= 0.6 is 11.8 Å². The highest BCUT2D eigenvalue weighted by Gasteiger charge is 2.35. The number of ether oxygens (including phenoxy) is 2. The van der Waals surface area contributed by atoms with Gasteiger partial charge in [-0.3, -0.25) is 14.5 Å². The molecule has 0 bridgehead atoms. The molecule has 3 aromatic rings. The molecule has 2 amide bonds. The zero-order chi connectivity index (χ0) is 27.1. The van der Waals surface area contributed by atoms with Crippen molar-refractivity contribution in [2.75, 3.05) is 6.61 Å². The number of carbonyl (C=O) groups is 2. The van der Waals surface area contributed by atoms with E-state index in [9.17, 15) is 14.9 Å². The Bertz CT molecular complexity index is 1440. The van der Waals surface area contributed by atoms with Crippen LogP contribution in [0.2, 0.25) is 0 Å². The highest BCUT2D eigenvalue weighted by Crippen LogP contribution is 2.38. The molecule has 3 aromatic carbocycles. The first-order chi connectivity index (χ1) is 18.4. The van der Waals surface area contributed by atoms with E-state index in [1.807, 2.05) is 62.4 Å². The first kappa shape index (κ1) is 26.8. The molecule has 1 fully saturated rings. The van der Waals surface area contributed by atoms with Crippen molar-refractivity contribution in [1.29, 1.82) is 5.26 Å². The third kappa shape index (κ3) is 6.16. The van der Waals surface area contributed by atoms with E-state index in [-0.39, 0.29) is 24.3 Å². The van der Waals surface area contributed by atoms with Crippen molar-refractivity contribution in [3.05, 3.63) is 112 Å². The van der Waals surface area contributed by atoms with Crippen molar-refractivity contribution in [3.63, 3.8) is 0 Å². The van der Waals surface area contributed by atoms with Gasteiger partial charge in [0, 0.05) is 11.1 Å². The topological polar surface area (TPSA) is 79.6 Å². The van der Waals surface area contributed by atoms with Crippen LogP contribution in [0, 0.1) is 18.3 Å². The number of hydrogen-bond acceptors (Lipinski definition) is 6. The zero-order valence-electron chi connectivity index (χ0n) is 21.4. The molecule has 1 heterocycles. The van der Waals surface area contributed by atoms with Gasteiger partial charge in [-0.1, -0.05) is 54.1 Å². The second-order valence-corrected chi connectivity index (χ2v) is 9.74. The molecule has 0 atom stereocenters. The number of allylic oxidation sites excluding steroid dienone is 1. The predicted molar refractivity (Wildman–Crippen MR) is 150 cm³/mol. The first-order valence-corrected chi connectivity index (χ1v) is 13.1. The van der Waals surface area contributed by atoms with Crippen LogP contribution in [-0.4, -0.2) is 22.7 Å². The Hall–Kier alpha value is -4.28. The summed E-state index contributed by atoms with van der Waals surface area (Å²) in [6.45, 7) is 8.57. The summed E-state index contributed by atoms with van der Waals surface area (Å²) in [5.41, 5.74) is 4.87. The number of amides is 2. The van der Waals surface area contributed by atoms with Gasteiger partial charge in [-0.2, -0.15) is 5.26 Å². The number of carbonyl (C=O) groups excluding carboxylic acids is 2. The number of benzene rings is 3. The fourth-order valence-electron chi connectivity index (χ4n) is 4.07. The van der Waals surface area contributed by atoms with E-state index in [4.69, 9.17) is 9.47 Å². The van der Waals surface area contributed by atoms with Crippen molar-refractivity contribution in [3.8, 4) is 17.6 Å². The standard InChI is InChI=1S/C31H28N2O4S/c1-4-8-24-15-23(16-27(36-5-2)29(24)37-20-26-10-7-6-9-25(26)18-32)17-28-30(34)33(31(35)38-28)19-22-13-11-21(3)12-14-22/h4,6-7,9-17H,1,5,8,19-20H2,2-3H3/b28-17-. The average molecular weight is 525 g/mol. The van der Waals surface area contributed by atoms with Crippen molar-refractivity contribution in [2.24, 2.45) is 0 Å². The van der Waals surface area contributed by atoms with E-state index in [0.717, 1.165) is 39.6 Å². The minimum atomic E-state index is -0.322. The summed E-state index contributed by atoms with van der Waals surface area (Å²) in [5, 5.41) is 9.11. The summed E-state index contributed by atoms with van der Waals surface area (Å²) >= 11 is 0.929. The molecule has 0 saturated carbocycles. The first-order valence-electron chi connectivity index (χ1n) is 12.3. The van der Waals surface area contributed by atoms with Crippen LogP contribution in [0.4, 0.5) is 4.79 Å². The van der Waals surface area contributed by atoms with E-state index >= 15 is 0 Å². The molecule has 38 heavy (non-hydrogen) atoms. The van der Waals surface area contributed by atoms with Crippen molar-refractivity contribution in [1.82, 2.24) is 4.90 Å². The Labute approximate surface area is 227 Å². The number of nitrogens with zero attached hydrogens (tertiary/aromatic N) is 2. The Kier molecular flexibility index (Phi) is 8.67. The van der Waals surface area contributed by atoms with Crippen molar-refractivity contribution < 1.29 is 19.1 Å². The van der Waals surface area contributed by atoms with Crippen LogP contribution in [0.25, 0.3) is 6.08 Å². The van der Waals surface area contributed by atoms with Gasteiger partial charge in [-0.25, -0.2) is 0 Å². The van der Waals surface area contributed by atoms with Crippen LogP contribution in [0.1, 0.15) is 40.3 Å². The lowest BCUT2D eigenvalue weighted by molar-refractivity contribution is -0.123. The average Bonchev–Trinajstić information content (AvgIpc) is 3.17. The summed E-state index contributed by atoms with van der Waals surface area (Å²) < 4.78 is 12.1. The number of aryl methyl sites for hydroxylation is 1. The fourth-order valence-corrected chi connectivity index (χ4v) is 4.91. The summed E-state index contributed by atoms with van der Waals surface area (Å²) in [6.07, 6.45) is 3.98. The van der Waals surface area contributed by atoms with Gasteiger partial charge in [0.15, 0.2) is 11.5 Å². The molecule has 192 valence electrons. The van der Waals surface area contributed by atoms with Gasteiger partial charge >= 0.3 is 0 Å². The molecular formula is C31H28N2O4S. The summed E-state index contributed by atoms with van der Waals surface area (Å²) in [6, 6.07) is 20.9. The normalized spacial score (nSPS) is 14.0. The summed E-state index contributed by atoms with van der Waals surface area (Å²) in [4.78, 5) is 27.4. The number of thioether (sulfide) groups is 1. The lowest BCUT2D eigenvalue weighted by atomic mass is 10.0. The molecule has 1 saturated heterocycles. The molecule has 0 spiro atoms. The number of nitriles is 1. The van der Waals surface area contributed by atoms with Crippen LogP contribution in [0.3, 0.4) is 0 Å². The summed E-state index contributed by atoms with van der Waals surface area (Å²) in [7, 11) is 0. The quantitative estimate of drug-likeness (QED) is 0.214. The van der Waals surface area contributed by atoms with E-state index in [1.165, 1.54) is 4.90 Å². The highest BCUT2D eigenvalue weighted by atomic mass is 32.2. The minimum absolute atomic E-state index is 0.200. The van der Waals surface area contributed by atoms with Crippen LogP contribution in [0.5, 0.6) is 11.5 Å². The predicted octanol–water partition coefficient (Wildman–Crippen LogP) is 6.81. The van der Waals surface area contributed by atoms with Crippen molar-refractivity contribution >= 4 is 29.0 Å². The number of imide groups is 1. The number of hydrogen-bond donors (Lipinski definition) is 0. The fraction of sp³-hybridized carbons (Fsp3) is 0.194. The minimum Gasteiger partial charge on any atom is -0.490 e. The highest BCUT2D eigenvalue weighted by molar-refractivity contribution is 8.18. The number of rotatable bonds is 10. The Morgan fingerprint density at radius 2 is 1.82 bits per heavy atom. The zero-order valence-corrected chi connectivity index (χ0v) is 22.2. The van der Waals surface area contributed by atoms with Gasteiger partial charge in [0.05, 0.1) is 29.7 Å². The second kappa shape index (κ2) is 12.3. The van der Waals surface area contributed by atoms with E-state index in [2.05, 4.69) is 12.6 Å². The van der Waals surface area contributed by atoms with Gasteiger partial charge < -0.3 is 9.47 Å². The lowest BCUT2D eigenvalue weighted by Crippen LogP contribution is -2.27. The Morgan fingerprint density at radius 1 is 1.05 bits per heavy atom. The molecule has 0 radical (unpaired) electrons. The van der Waals surface area contributed by atoms with Crippen LogP contribution < -0.4 is 9.47 Å². The molecule has 1 aliphatic rings. The SMILES string of the molecule is C=CCc1cc(/C=C2\SC(=O)N(Cc3ccc(C)cc3)C2=O)cc(OCC)c1OCc1ccccc1C#N. The summed E-state index contributed by atoms with van der Waals surface area (Å²) in [5.74, 6) is 0.757. The Morgan fingerprint density at radius 3 is 2.53 bits per heavy atom. The van der Waals surface area contributed by atoms with E-state index in [1.54, 1.807) is 24.3 Å². The third-order valence-electron chi connectivity index (χ3n) is 5.96. The lowest BCUT2D eigenvalue weighted by Gasteiger charge is -2.17. The third-order valence-corrected chi connectivity index (χ3v) is 6.87. The largest absolute Gasteiger partial charge is 0.490 e. The van der Waals surface area contributed by atoms with E-state index in [0.29, 0.717) is 35.0 Å². The molecule has 0 aromatic heterocycles. The molecule has 7 heteroatoms. The smallest absolute Gasteiger partial charge is 0.293 e. The molecular weight excluding hydrogens is 496 g/mol. The molecule has 4 rings (SSSR count). The maximum Gasteiger partial charge on any atom is 0.293 e. The van der Waals surface area contributed by atoms with E-state index < -0.39 is 0 Å². The second-order valence-electron chi connectivity index (χ2n) is 8.74. The molecule has 6 nitrogen and oxygen atoms in total. The Balaban J connectivity index is 1.62. The maximum absolute atomic E-state index is 13.1. The van der Waals surface area contributed by atoms with Gasteiger partial charge in [-0.05, 0) is 67.4 Å². The van der Waals surface area contributed by atoms with Gasteiger partial charge in [-0.15, -0.1) is 6.58 Å². The maximum atomic E-state index is 13.1.